The van der Waals surface area contributed by atoms with Gasteiger partial charge in [-0.2, -0.15) is 0 Å². The Labute approximate surface area is 125 Å². The average Bonchev–Trinajstić information content (AvgIpc) is 2.45. The molecule has 114 valence electrons. The highest BCUT2D eigenvalue weighted by atomic mass is 16.5. The number of ether oxygens (including phenoxy) is 1. The first-order valence-corrected chi connectivity index (χ1v) is 7.43. The predicted octanol–water partition coefficient (Wildman–Crippen LogP) is 2.25. The summed E-state index contributed by atoms with van der Waals surface area (Å²) in [6, 6.07) is 5.65. The van der Waals surface area contributed by atoms with Crippen molar-refractivity contribution in [3.8, 4) is 5.75 Å². The van der Waals surface area contributed by atoms with Gasteiger partial charge in [0.2, 0.25) is 5.91 Å². The summed E-state index contributed by atoms with van der Waals surface area (Å²) in [7, 11) is 0. The molecule has 1 heterocycles. The molecule has 5 heteroatoms. The maximum atomic E-state index is 11.7. The van der Waals surface area contributed by atoms with Crippen molar-refractivity contribution in [3.05, 3.63) is 23.8 Å². The van der Waals surface area contributed by atoms with Crippen LogP contribution in [-0.4, -0.2) is 24.5 Å². The van der Waals surface area contributed by atoms with Crippen LogP contribution in [0.25, 0.3) is 0 Å². The van der Waals surface area contributed by atoms with Crippen LogP contribution in [0.2, 0.25) is 0 Å². The van der Waals surface area contributed by atoms with Gasteiger partial charge in [0.25, 0.3) is 5.91 Å². The van der Waals surface area contributed by atoms with Gasteiger partial charge in [-0.1, -0.05) is 13.3 Å². The molecular weight excluding hydrogens is 268 g/mol. The topological polar surface area (TPSA) is 67.4 Å². The van der Waals surface area contributed by atoms with Gasteiger partial charge in [0.05, 0.1) is 0 Å². The normalized spacial score (nSPS) is 14.9. The van der Waals surface area contributed by atoms with E-state index in [2.05, 4.69) is 17.6 Å². The maximum absolute atomic E-state index is 11.7. The van der Waals surface area contributed by atoms with E-state index < -0.39 is 0 Å². The van der Waals surface area contributed by atoms with E-state index in [1.54, 1.807) is 6.07 Å². The first-order valence-electron chi connectivity index (χ1n) is 7.43. The van der Waals surface area contributed by atoms with E-state index in [-0.39, 0.29) is 24.5 Å². The Kier molecular flexibility index (Phi) is 5.20. The molecule has 2 amide bonds. The van der Waals surface area contributed by atoms with Crippen molar-refractivity contribution in [2.75, 3.05) is 11.9 Å². The minimum atomic E-state index is -0.109. The van der Waals surface area contributed by atoms with Crippen molar-refractivity contribution in [1.29, 1.82) is 0 Å². The lowest BCUT2D eigenvalue weighted by Gasteiger charge is -2.18. The summed E-state index contributed by atoms with van der Waals surface area (Å²) in [5.41, 5.74) is 1.88. The molecule has 2 N–H and O–H groups in total. The Balaban J connectivity index is 1.86. The van der Waals surface area contributed by atoms with E-state index in [4.69, 9.17) is 4.74 Å². The lowest BCUT2D eigenvalue weighted by atomic mass is 10.0. The molecule has 0 radical (unpaired) electrons. The molecule has 5 nitrogen and oxygen atoms in total. The van der Waals surface area contributed by atoms with E-state index in [0.717, 1.165) is 24.1 Å². The fourth-order valence-corrected chi connectivity index (χ4v) is 2.42. The number of carbonyl (C=O) groups excluding carboxylic acids is 2. The molecule has 1 atom stereocenters. The van der Waals surface area contributed by atoms with Gasteiger partial charge in [-0.15, -0.1) is 0 Å². The van der Waals surface area contributed by atoms with Crippen molar-refractivity contribution < 1.29 is 14.3 Å². The number of benzene rings is 1. The fraction of sp³-hybridized carbons (Fsp3) is 0.500. The van der Waals surface area contributed by atoms with Crippen molar-refractivity contribution >= 4 is 17.5 Å². The number of amides is 2. The molecule has 1 aliphatic heterocycles. The third-order valence-electron chi connectivity index (χ3n) is 3.47. The summed E-state index contributed by atoms with van der Waals surface area (Å²) >= 11 is 0. The van der Waals surface area contributed by atoms with Crippen LogP contribution in [0.1, 0.15) is 38.7 Å². The predicted molar refractivity (Wildman–Crippen MR) is 81.4 cm³/mol. The highest BCUT2D eigenvalue weighted by Crippen LogP contribution is 2.26. The summed E-state index contributed by atoms with van der Waals surface area (Å²) in [6.45, 7) is 4.09. The molecule has 0 fully saturated rings. The Hall–Kier alpha value is -2.04. The van der Waals surface area contributed by atoms with Crippen molar-refractivity contribution in [1.82, 2.24) is 5.32 Å². The van der Waals surface area contributed by atoms with Gasteiger partial charge in [-0.25, -0.2) is 0 Å². The van der Waals surface area contributed by atoms with E-state index in [1.165, 1.54) is 0 Å². The summed E-state index contributed by atoms with van der Waals surface area (Å²) in [4.78, 5) is 23.0. The van der Waals surface area contributed by atoms with Gasteiger partial charge >= 0.3 is 0 Å². The minimum Gasteiger partial charge on any atom is -0.484 e. The van der Waals surface area contributed by atoms with Crippen molar-refractivity contribution in [2.24, 2.45) is 0 Å². The molecule has 21 heavy (non-hydrogen) atoms. The van der Waals surface area contributed by atoms with Crippen LogP contribution in [0, 0.1) is 0 Å². The number of carbonyl (C=O) groups is 2. The van der Waals surface area contributed by atoms with Crippen molar-refractivity contribution in [3.63, 3.8) is 0 Å². The van der Waals surface area contributed by atoms with Gasteiger partial charge in [-0.3, -0.25) is 9.59 Å². The molecule has 2 rings (SSSR count). The van der Waals surface area contributed by atoms with Crippen LogP contribution in [0.15, 0.2) is 18.2 Å². The molecule has 1 aliphatic rings. The second-order valence-corrected chi connectivity index (χ2v) is 5.41. The average molecular weight is 290 g/mol. The third-order valence-corrected chi connectivity index (χ3v) is 3.47. The first-order chi connectivity index (χ1) is 10.1. The number of anilines is 1. The quantitative estimate of drug-likeness (QED) is 0.844. The van der Waals surface area contributed by atoms with Crippen LogP contribution in [0.4, 0.5) is 5.69 Å². The number of rotatable bonds is 6. The van der Waals surface area contributed by atoms with Gasteiger partial charge in [0, 0.05) is 18.2 Å². The third kappa shape index (κ3) is 4.48. The zero-order chi connectivity index (χ0) is 15.2. The number of aryl methyl sites for hydroxylation is 1. The van der Waals surface area contributed by atoms with Gasteiger partial charge in [-0.05, 0) is 43.5 Å². The fourth-order valence-electron chi connectivity index (χ4n) is 2.42. The molecule has 0 spiro atoms. The van der Waals surface area contributed by atoms with Crippen LogP contribution >= 0.6 is 0 Å². The number of fused-ring (bicyclic) bond motifs is 1. The molecule has 0 bridgehead atoms. The van der Waals surface area contributed by atoms with Gasteiger partial charge in [0.15, 0.2) is 6.61 Å². The monoisotopic (exact) mass is 290 g/mol. The lowest BCUT2D eigenvalue weighted by molar-refractivity contribution is -0.123. The second-order valence-electron chi connectivity index (χ2n) is 5.41. The SMILES string of the molecule is CCC[C@H](C)NC(=O)COc1ccc2c(c1)CCC(=O)N2. The summed E-state index contributed by atoms with van der Waals surface area (Å²) in [5, 5.41) is 5.72. The summed E-state index contributed by atoms with van der Waals surface area (Å²) < 4.78 is 5.51. The van der Waals surface area contributed by atoms with Gasteiger partial charge in [0.1, 0.15) is 5.75 Å². The van der Waals surface area contributed by atoms with Crippen molar-refractivity contribution in [2.45, 2.75) is 45.6 Å². The highest BCUT2D eigenvalue weighted by molar-refractivity contribution is 5.94. The Morgan fingerprint density at radius 1 is 1.43 bits per heavy atom. The van der Waals surface area contributed by atoms with E-state index in [9.17, 15) is 9.59 Å². The number of nitrogens with one attached hydrogen (secondary N) is 2. The Morgan fingerprint density at radius 2 is 2.24 bits per heavy atom. The molecular formula is C16H22N2O3. The Morgan fingerprint density at radius 3 is 3.00 bits per heavy atom. The lowest BCUT2D eigenvalue weighted by Crippen LogP contribution is -2.35. The number of hydrogen-bond acceptors (Lipinski definition) is 3. The minimum absolute atomic E-state index is 0.0131. The molecule has 1 aromatic rings. The molecule has 0 saturated carbocycles. The zero-order valence-electron chi connectivity index (χ0n) is 12.6. The van der Waals surface area contributed by atoms with E-state index in [1.807, 2.05) is 19.1 Å². The molecule has 0 unspecified atom stereocenters. The summed E-state index contributed by atoms with van der Waals surface area (Å²) in [5.74, 6) is 0.589. The molecule has 0 aliphatic carbocycles. The van der Waals surface area contributed by atoms with E-state index in [0.29, 0.717) is 18.6 Å². The standard InChI is InChI=1S/C16H22N2O3/c1-3-4-11(2)17-16(20)10-21-13-6-7-14-12(9-13)5-8-15(19)18-14/h6-7,9,11H,3-5,8,10H2,1-2H3,(H,17,20)(H,18,19)/t11-/m0/s1. The van der Waals surface area contributed by atoms with Crippen LogP contribution in [0.3, 0.4) is 0 Å². The largest absolute Gasteiger partial charge is 0.484 e. The zero-order valence-corrected chi connectivity index (χ0v) is 12.6. The van der Waals surface area contributed by atoms with Gasteiger partial charge < -0.3 is 15.4 Å². The number of hydrogen-bond donors (Lipinski definition) is 2. The van der Waals surface area contributed by atoms with Crippen LogP contribution < -0.4 is 15.4 Å². The van der Waals surface area contributed by atoms with E-state index >= 15 is 0 Å². The maximum Gasteiger partial charge on any atom is 0.258 e. The Bertz CT molecular complexity index is 528. The second kappa shape index (κ2) is 7.11. The van der Waals surface area contributed by atoms with Crippen LogP contribution in [-0.2, 0) is 16.0 Å². The van der Waals surface area contributed by atoms with Crippen LogP contribution in [0.5, 0.6) is 5.75 Å². The first kappa shape index (κ1) is 15.4. The smallest absolute Gasteiger partial charge is 0.258 e. The molecule has 0 saturated heterocycles. The summed E-state index contributed by atoms with van der Waals surface area (Å²) in [6.07, 6.45) is 3.20. The highest BCUT2D eigenvalue weighted by Gasteiger charge is 2.15. The molecule has 1 aromatic carbocycles. The molecule has 0 aromatic heterocycles.